The number of amides is 1. The normalized spacial score (nSPS) is 16.7. The number of ether oxygens (including phenoxy) is 2. The summed E-state index contributed by atoms with van der Waals surface area (Å²) in [7, 11) is -4.40. The van der Waals surface area contributed by atoms with Gasteiger partial charge in [0.15, 0.2) is 0 Å². The average Bonchev–Trinajstić information content (AvgIpc) is 3.01. The molecule has 0 bridgehead atoms. The van der Waals surface area contributed by atoms with Gasteiger partial charge in [-0.1, -0.05) is 17.7 Å². The molecule has 9 nitrogen and oxygen atoms in total. The Hall–Kier alpha value is -3.52. The standard InChI is InChI=1S/C25H17Cl2F3N4O5S/c26-17-6-14(7-21-16(17)11-38-12-22(28)40(21,36)37)24(35)32-10-15-8-20-13(9-31-15)4-5-19(33-20)18-2-1-3-23(34-18)39-25(27,29)30/h1-9,22H,10-12H2,(H,32,35)/t22-/m1/s1. The van der Waals surface area contributed by atoms with Crippen molar-refractivity contribution in [3.63, 3.8) is 0 Å². The van der Waals surface area contributed by atoms with Crippen LogP contribution in [-0.2, 0) is 27.7 Å². The molecule has 0 radical (unpaired) electrons. The topological polar surface area (TPSA) is 120 Å². The summed E-state index contributed by atoms with van der Waals surface area (Å²) in [6.07, 6.45) is 1.53. The first kappa shape index (κ1) is 28.0. The molecule has 4 heterocycles. The molecule has 1 amide bonds. The van der Waals surface area contributed by atoms with Crippen molar-refractivity contribution >= 4 is 49.8 Å². The van der Waals surface area contributed by atoms with Crippen molar-refractivity contribution < 1.29 is 35.9 Å². The van der Waals surface area contributed by atoms with Gasteiger partial charge in [-0.2, -0.15) is 0 Å². The summed E-state index contributed by atoms with van der Waals surface area (Å²) < 4.78 is 74.6. The number of pyridine rings is 3. The molecule has 0 spiro atoms. The number of benzene rings is 1. The molecule has 1 aliphatic rings. The number of hydrogen-bond acceptors (Lipinski definition) is 8. The van der Waals surface area contributed by atoms with Crippen LogP contribution in [0.5, 0.6) is 5.88 Å². The smallest absolute Gasteiger partial charge is 0.402 e. The van der Waals surface area contributed by atoms with E-state index in [1.165, 1.54) is 24.4 Å². The second kappa shape index (κ2) is 10.8. The largest absolute Gasteiger partial charge is 0.488 e. The molecule has 1 N–H and O–H groups in total. The number of aromatic nitrogens is 3. The van der Waals surface area contributed by atoms with Crippen LogP contribution >= 0.6 is 23.2 Å². The summed E-state index contributed by atoms with van der Waals surface area (Å²) in [5, 5.41) is 3.24. The minimum absolute atomic E-state index is 0.0428. The van der Waals surface area contributed by atoms with Crippen LogP contribution in [0.2, 0.25) is 5.02 Å². The van der Waals surface area contributed by atoms with E-state index in [1.54, 1.807) is 24.3 Å². The van der Waals surface area contributed by atoms with Crippen LogP contribution in [-0.4, -0.2) is 47.0 Å². The molecule has 3 aromatic heterocycles. The first-order valence-corrected chi connectivity index (χ1v) is 13.8. The number of carbonyl (C=O) groups excluding carboxylic acids is 1. The molecule has 0 unspecified atom stereocenters. The van der Waals surface area contributed by atoms with Gasteiger partial charge in [-0.15, -0.1) is 8.78 Å². The quantitative estimate of drug-likeness (QED) is 0.301. The summed E-state index contributed by atoms with van der Waals surface area (Å²) in [6, 6.07) is 11.5. The van der Waals surface area contributed by atoms with E-state index in [1.807, 2.05) is 0 Å². The third kappa shape index (κ3) is 5.97. The van der Waals surface area contributed by atoms with Crippen LogP contribution in [0.1, 0.15) is 21.6 Å². The van der Waals surface area contributed by atoms with Crippen LogP contribution in [0, 0.1) is 0 Å². The van der Waals surface area contributed by atoms with E-state index in [-0.39, 0.29) is 35.0 Å². The highest BCUT2D eigenvalue weighted by Gasteiger charge is 2.34. The third-order valence-electron chi connectivity index (χ3n) is 5.82. The minimum atomic E-state index is -4.40. The number of nitrogens with one attached hydrogen (secondary N) is 1. The Balaban J connectivity index is 1.36. The number of hydrogen-bond donors (Lipinski definition) is 1. The maximum atomic E-state index is 14.2. The molecule has 0 fully saturated rings. The molecule has 15 heteroatoms. The molecule has 208 valence electrons. The number of halogens is 5. The number of alkyl halides is 4. The lowest BCUT2D eigenvalue weighted by atomic mass is 10.1. The van der Waals surface area contributed by atoms with E-state index < -0.39 is 44.2 Å². The van der Waals surface area contributed by atoms with Gasteiger partial charge in [-0.05, 0) is 36.4 Å². The average molecular weight is 613 g/mol. The van der Waals surface area contributed by atoms with Crippen molar-refractivity contribution in [3.8, 4) is 17.3 Å². The van der Waals surface area contributed by atoms with Gasteiger partial charge in [0.05, 0.1) is 47.3 Å². The van der Waals surface area contributed by atoms with Crippen molar-refractivity contribution in [1.29, 1.82) is 0 Å². The van der Waals surface area contributed by atoms with Gasteiger partial charge in [0.25, 0.3) is 5.91 Å². The van der Waals surface area contributed by atoms with Gasteiger partial charge in [-0.3, -0.25) is 9.78 Å². The van der Waals surface area contributed by atoms with Gasteiger partial charge >= 0.3 is 5.57 Å². The van der Waals surface area contributed by atoms with E-state index in [0.29, 0.717) is 22.3 Å². The van der Waals surface area contributed by atoms with Gasteiger partial charge in [0.1, 0.15) is 0 Å². The van der Waals surface area contributed by atoms with Crippen molar-refractivity contribution in [2.24, 2.45) is 0 Å². The summed E-state index contributed by atoms with van der Waals surface area (Å²) in [5.41, 5.74) is -4.72. The lowest BCUT2D eigenvalue weighted by Gasteiger charge is -2.12. The van der Waals surface area contributed by atoms with Crippen molar-refractivity contribution in [2.75, 3.05) is 6.61 Å². The lowest BCUT2D eigenvalue weighted by Crippen LogP contribution is -2.24. The summed E-state index contributed by atoms with van der Waals surface area (Å²) in [6.45, 7) is -0.919. The van der Waals surface area contributed by atoms with E-state index in [0.717, 1.165) is 6.07 Å². The molecular formula is C25H17Cl2F3N4O5S. The number of carbonyl (C=O) groups is 1. The number of sulfone groups is 1. The van der Waals surface area contributed by atoms with Crippen LogP contribution in [0.25, 0.3) is 22.3 Å². The highest BCUT2D eigenvalue weighted by Crippen LogP contribution is 2.32. The number of fused-ring (bicyclic) bond motifs is 2. The monoisotopic (exact) mass is 612 g/mol. The second-order valence-electron chi connectivity index (χ2n) is 8.56. The molecule has 0 saturated heterocycles. The Morgan fingerprint density at radius 1 is 1.15 bits per heavy atom. The Morgan fingerprint density at radius 2 is 1.93 bits per heavy atom. The van der Waals surface area contributed by atoms with Gasteiger partial charge < -0.3 is 14.8 Å². The fourth-order valence-electron chi connectivity index (χ4n) is 3.92. The van der Waals surface area contributed by atoms with E-state index in [4.69, 9.17) is 27.9 Å². The van der Waals surface area contributed by atoms with Crippen molar-refractivity contribution in [3.05, 3.63) is 76.6 Å². The van der Waals surface area contributed by atoms with Crippen LogP contribution < -0.4 is 10.1 Å². The molecule has 5 rings (SSSR count). The Labute approximate surface area is 235 Å². The fraction of sp³-hybridized carbons (Fsp3) is 0.200. The molecule has 1 aliphatic heterocycles. The molecule has 1 aromatic carbocycles. The highest BCUT2D eigenvalue weighted by molar-refractivity contribution is 7.92. The molecule has 40 heavy (non-hydrogen) atoms. The summed E-state index contributed by atoms with van der Waals surface area (Å²) >= 11 is 11.0. The second-order valence-corrected chi connectivity index (χ2v) is 11.4. The van der Waals surface area contributed by atoms with E-state index in [9.17, 15) is 26.4 Å². The lowest BCUT2D eigenvalue weighted by molar-refractivity contribution is -0.0990. The minimum Gasteiger partial charge on any atom is -0.402 e. The Kier molecular flexibility index (Phi) is 7.57. The van der Waals surface area contributed by atoms with Crippen LogP contribution in [0.4, 0.5) is 13.2 Å². The summed E-state index contributed by atoms with van der Waals surface area (Å²) in [4.78, 5) is 25.2. The zero-order valence-electron chi connectivity index (χ0n) is 20.1. The van der Waals surface area contributed by atoms with Crippen molar-refractivity contribution in [2.45, 2.75) is 29.1 Å². The Bertz CT molecular complexity index is 1740. The van der Waals surface area contributed by atoms with Gasteiger partial charge in [-0.25, -0.2) is 22.8 Å². The maximum absolute atomic E-state index is 14.2. The van der Waals surface area contributed by atoms with Gasteiger partial charge in [0, 0.05) is 45.4 Å². The number of nitrogens with zero attached hydrogens (tertiary/aromatic N) is 3. The highest BCUT2D eigenvalue weighted by atomic mass is 35.5. The van der Waals surface area contributed by atoms with E-state index >= 15 is 0 Å². The summed E-state index contributed by atoms with van der Waals surface area (Å²) in [5.74, 6) is -1.06. The molecule has 1 atom stereocenters. The SMILES string of the molecule is O=C(NCc1cc2nc(-c3cccc(OC(F)(F)Cl)n3)ccc2cn1)c1cc(Cl)c2c(c1)S(=O)(=O)[C@@H](F)COC2. The Morgan fingerprint density at radius 3 is 2.70 bits per heavy atom. The molecule has 0 aliphatic carbocycles. The van der Waals surface area contributed by atoms with Crippen molar-refractivity contribution in [1.82, 2.24) is 20.3 Å². The predicted octanol–water partition coefficient (Wildman–Crippen LogP) is 5.04. The molecular weight excluding hydrogens is 596 g/mol. The third-order valence-corrected chi connectivity index (χ3v) is 8.02. The van der Waals surface area contributed by atoms with Gasteiger partial charge in [0.2, 0.25) is 21.2 Å². The fourth-order valence-corrected chi connectivity index (χ4v) is 5.68. The first-order valence-electron chi connectivity index (χ1n) is 11.5. The molecule has 0 saturated carbocycles. The maximum Gasteiger partial charge on any atom is 0.488 e. The van der Waals surface area contributed by atoms with E-state index in [2.05, 4.69) is 25.0 Å². The van der Waals surface area contributed by atoms with Crippen LogP contribution in [0.15, 0.2) is 59.6 Å². The van der Waals surface area contributed by atoms with Crippen LogP contribution in [0.3, 0.4) is 0 Å². The number of rotatable bonds is 6. The zero-order valence-corrected chi connectivity index (χ0v) is 22.4. The zero-order chi connectivity index (χ0) is 28.7. The first-order chi connectivity index (χ1) is 18.9. The predicted molar refractivity (Wildman–Crippen MR) is 139 cm³/mol. The molecule has 4 aromatic rings.